The second-order valence-corrected chi connectivity index (χ2v) is 2.23. The van der Waals surface area contributed by atoms with Crippen LogP contribution < -0.4 is 5.73 Å². The first-order valence-corrected chi connectivity index (χ1v) is 3.16. The van der Waals surface area contributed by atoms with E-state index in [2.05, 4.69) is 4.98 Å². The zero-order chi connectivity index (χ0) is 7.84. The van der Waals surface area contributed by atoms with Crippen LogP contribution in [-0.4, -0.2) is 9.38 Å². The fourth-order valence-corrected chi connectivity index (χ4v) is 1.03. The molecule has 0 aliphatic carbocycles. The van der Waals surface area contributed by atoms with Crippen molar-refractivity contribution in [2.45, 2.75) is 0 Å². The van der Waals surface area contributed by atoms with Crippen LogP contribution in [0.1, 0.15) is 0 Å². The average Bonchev–Trinajstić information content (AvgIpc) is 2.34. The molecule has 0 saturated carbocycles. The maximum atomic E-state index is 12.9. The van der Waals surface area contributed by atoms with E-state index in [0.29, 0.717) is 5.52 Å². The Morgan fingerprint density at radius 2 is 2.27 bits per heavy atom. The molecule has 0 bridgehead atoms. The number of anilines is 1. The molecule has 3 nitrogen and oxygen atoms in total. The summed E-state index contributed by atoms with van der Waals surface area (Å²) in [5.41, 5.74) is 6.06. The van der Waals surface area contributed by atoms with Crippen molar-refractivity contribution in [2.24, 2.45) is 0 Å². The van der Waals surface area contributed by atoms with Gasteiger partial charge in [0.2, 0.25) is 11.9 Å². The van der Waals surface area contributed by atoms with Crippen molar-refractivity contribution in [3.05, 3.63) is 30.3 Å². The molecule has 4 heteroatoms. The van der Waals surface area contributed by atoms with Crippen LogP contribution in [0.5, 0.6) is 0 Å². The van der Waals surface area contributed by atoms with E-state index in [0.717, 1.165) is 0 Å². The number of imidazole rings is 1. The first kappa shape index (κ1) is 6.15. The summed E-state index contributed by atoms with van der Waals surface area (Å²) in [6.45, 7) is 0. The Labute approximate surface area is 62.3 Å². The third-order valence-electron chi connectivity index (χ3n) is 1.53. The lowest BCUT2D eigenvalue weighted by Gasteiger charge is -1.95. The molecule has 0 aliphatic rings. The van der Waals surface area contributed by atoms with Gasteiger partial charge in [0, 0.05) is 0 Å². The molecule has 2 aromatic rings. The first-order chi connectivity index (χ1) is 5.29. The normalized spacial score (nSPS) is 10.6. The van der Waals surface area contributed by atoms with Gasteiger partial charge in [-0.1, -0.05) is 6.07 Å². The summed E-state index contributed by atoms with van der Waals surface area (Å²) in [5, 5.41) is 0. The number of hydrogen-bond donors (Lipinski definition) is 1. The Morgan fingerprint density at radius 3 is 3.00 bits per heavy atom. The second-order valence-electron chi connectivity index (χ2n) is 2.23. The smallest absolute Gasteiger partial charge is 0.207 e. The summed E-state index contributed by atoms with van der Waals surface area (Å²) < 4.78 is 14.2. The van der Waals surface area contributed by atoms with Crippen molar-refractivity contribution in [3.63, 3.8) is 0 Å². The van der Waals surface area contributed by atoms with Gasteiger partial charge >= 0.3 is 0 Å². The largest absolute Gasteiger partial charge is 0.369 e. The van der Waals surface area contributed by atoms with Crippen molar-refractivity contribution in [1.82, 2.24) is 9.38 Å². The van der Waals surface area contributed by atoms with Crippen LogP contribution in [0.4, 0.5) is 10.3 Å². The lowest BCUT2D eigenvalue weighted by molar-refractivity contribution is 0.570. The lowest BCUT2D eigenvalue weighted by Crippen LogP contribution is -1.97. The summed E-state index contributed by atoms with van der Waals surface area (Å²) in [6, 6.07) is 4.70. The standard InChI is InChI=1S/C7H6FN3/c8-6-3-1-2-5-4-10-7(9)11(5)6/h1-4H,(H2,9,10). The van der Waals surface area contributed by atoms with E-state index in [1.54, 1.807) is 12.1 Å². The number of rotatable bonds is 0. The molecule has 0 spiro atoms. The Bertz CT molecular complexity index is 393. The highest BCUT2D eigenvalue weighted by Crippen LogP contribution is 2.09. The van der Waals surface area contributed by atoms with Crippen molar-refractivity contribution in [3.8, 4) is 0 Å². The van der Waals surface area contributed by atoms with Gasteiger partial charge in [-0.15, -0.1) is 0 Å². The fourth-order valence-electron chi connectivity index (χ4n) is 1.03. The number of nitrogens with zero attached hydrogens (tertiary/aromatic N) is 2. The number of nitrogen functional groups attached to an aromatic ring is 1. The summed E-state index contributed by atoms with van der Waals surface area (Å²) in [7, 11) is 0. The Kier molecular flexibility index (Phi) is 1.09. The van der Waals surface area contributed by atoms with E-state index in [1.165, 1.54) is 16.7 Å². The minimum Gasteiger partial charge on any atom is -0.369 e. The van der Waals surface area contributed by atoms with Crippen LogP contribution >= 0.6 is 0 Å². The first-order valence-electron chi connectivity index (χ1n) is 3.16. The number of fused-ring (bicyclic) bond motifs is 1. The van der Waals surface area contributed by atoms with Crippen LogP contribution in [0.15, 0.2) is 24.4 Å². The van der Waals surface area contributed by atoms with Crippen molar-refractivity contribution >= 4 is 11.5 Å². The molecule has 0 radical (unpaired) electrons. The van der Waals surface area contributed by atoms with E-state index < -0.39 is 5.95 Å². The molecule has 0 fully saturated rings. The Morgan fingerprint density at radius 1 is 1.45 bits per heavy atom. The zero-order valence-corrected chi connectivity index (χ0v) is 5.66. The number of pyridine rings is 1. The van der Waals surface area contributed by atoms with Gasteiger partial charge in [-0.3, -0.25) is 4.40 Å². The van der Waals surface area contributed by atoms with Crippen molar-refractivity contribution in [1.29, 1.82) is 0 Å². The van der Waals surface area contributed by atoms with Gasteiger partial charge < -0.3 is 5.73 Å². The molecule has 2 rings (SSSR count). The molecule has 0 amide bonds. The minimum atomic E-state index is -0.391. The van der Waals surface area contributed by atoms with Crippen molar-refractivity contribution in [2.75, 3.05) is 5.73 Å². The lowest BCUT2D eigenvalue weighted by atomic mass is 10.4. The molecular weight excluding hydrogens is 145 g/mol. The molecule has 2 aromatic heterocycles. The van der Waals surface area contributed by atoms with Crippen LogP contribution in [0.2, 0.25) is 0 Å². The van der Waals surface area contributed by atoms with Crippen LogP contribution in [-0.2, 0) is 0 Å². The highest BCUT2D eigenvalue weighted by atomic mass is 19.1. The van der Waals surface area contributed by atoms with Crippen LogP contribution in [0, 0.1) is 5.95 Å². The van der Waals surface area contributed by atoms with E-state index in [9.17, 15) is 4.39 Å². The molecule has 0 aromatic carbocycles. The number of halogens is 1. The highest BCUT2D eigenvalue weighted by molar-refractivity contribution is 5.50. The maximum Gasteiger partial charge on any atom is 0.207 e. The van der Waals surface area contributed by atoms with Crippen LogP contribution in [0.25, 0.3) is 5.52 Å². The van der Waals surface area contributed by atoms with Crippen LogP contribution in [0.3, 0.4) is 0 Å². The fraction of sp³-hybridized carbons (Fsp3) is 0. The number of aromatic nitrogens is 2. The van der Waals surface area contributed by atoms with E-state index in [4.69, 9.17) is 5.73 Å². The van der Waals surface area contributed by atoms with Gasteiger partial charge in [0.25, 0.3) is 0 Å². The van der Waals surface area contributed by atoms with Gasteiger partial charge in [0.05, 0.1) is 11.7 Å². The summed E-state index contributed by atoms with van der Waals surface area (Å²) in [5.74, 6) is -0.212. The van der Waals surface area contributed by atoms with Gasteiger partial charge in [-0.2, -0.15) is 4.39 Å². The van der Waals surface area contributed by atoms with Gasteiger partial charge in [-0.25, -0.2) is 4.98 Å². The summed E-state index contributed by atoms with van der Waals surface area (Å²) >= 11 is 0. The summed E-state index contributed by atoms with van der Waals surface area (Å²) in [4.78, 5) is 3.76. The summed E-state index contributed by atoms with van der Waals surface area (Å²) in [6.07, 6.45) is 1.53. The number of hydrogen-bond acceptors (Lipinski definition) is 2. The molecule has 0 saturated heterocycles. The Balaban J connectivity index is 2.96. The van der Waals surface area contributed by atoms with E-state index in [-0.39, 0.29) is 5.95 Å². The van der Waals surface area contributed by atoms with Gasteiger partial charge in [-0.05, 0) is 12.1 Å². The molecule has 0 atom stereocenters. The molecule has 2 heterocycles. The topological polar surface area (TPSA) is 43.3 Å². The molecule has 2 N–H and O–H groups in total. The van der Waals surface area contributed by atoms with E-state index in [1.807, 2.05) is 0 Å². The van der Waals surface area contributed by atoms with Gasteiger partial charge in [0.15, 0.2) is 0 Å². The monoisotopic (exact) mass is 151 g/mol. The average molecular weight is 151 g/mol. The quantitative estimate of drug-likeness (QED) is 0.572. The highest BCUT2D eigenvalue weighted by Gasteiger charge is 2.01. The predicted molar refractivity (Wildman–Crippen MR) is 39.6 cm³/mol. The second kappa shape index (κ2) is 1.95. The molecule has 11 heavy (non-hydrogen) atoms. The minimum absolute atomic E-state index is 0.179. The molecule has 56 valence electrons. The molecule has 0 aliphatic heterocycles. The maximum absolute atomic E-state index is 12.9. The third-order valence-corrected chi connectivity index (χ3v) is 1.53. The molecule has 0 unspecified atom stereocenters. The Hall–Kier alpha value is -1.58. The van der Waals surface area contributed by atoms with Gasteiger partial charge in [0.1, 0.15) is 0 Å². The predicted octanol–water partition coefficient (Wildman–Crippen LogP) is 1.06. The van der Waals surface area contributed by atoms with Crippen molar-refractivity contribution < 1.29 is 4.39 Å². The SMILES string of the molecule is Nc1ncc2cccc(F)n12. The van der Waals surface area contributed by atoms with E-state index >= 15 is 0 Å². The molecular formula is C7H6FN3. The third kappa shape index (κ3) is 0.756. The number of nitrogens with two attached hydrogens (primary N) is 1. The zero-order valence-electron chi connectivity index (χ0n) is 5.66.